The summed E-state index contributed by atoms with van der Waals surface area (Å²) in [5.74, 6) is 0.372. The van der Waals surface area contributed by atoms with Gasteiger partial charge in [-0.1, -0.05) is 6.92 Å². The monoisotopic (exact) mass is 266 g/mol. The highest BCUT2D eigenvalue weighted by atomic mass is 16.5. The van der Waals surface area contributed by atoms with Crippen LogP contribution >= 0.6 is 0 Å². The zero-order valence-electron chi connectivity index (χ0n) is 11.6. The minimum Gasteiger partial charge on any atom is -0.467 e. The Bertz CT molecular complexity index is 411. The number of carbonyl (C=O) groups is 1. The molecule has 2 heterocycles. The minimum absolute atomic E-state index is 0.329. The Morgan fingerprint density at radius 2 is 2.47 bits per heavy atom. The fourth-order valence-electron chi connectivity index (χ4n) is 2.57. The molecule has 0 aromatic carbocycles. The molecule has 1 fully saturated rings. The standard InChI is InChI=1S/C14H22N2O3/c1-3-7-16(11-4-6-15-9-11)10-13-12(5-8-19-13)14(17)18-2/h5,8,11,15H,3-4,6-7,9-10H2,1-2H3. The van der Waals surface area contributed by atoms with E-state index >= 15 is 0 Å². The first-order chi connectivity index (χ1) is 9.26. The van der Waals surface area contributed by atoms with E-state index in [1.165, 1.54) is 7.11 Å². The van der Waals surface area contributed by atoms with Gasteiger partial charge in [-0.3, -0.25) is 4.90 Å². The predicted molar refractivity (Wildman–Crippen MR) is 72.0 cm³/mol. The molecule has 0 amide bonds. The molecule has 5 heteroatoms. The Labute approximate surface area is 113 Å². The van der Waals surface area contributed by atoms with Gasteiger partial charge in [0.25, 0.3) is 0 Å². The second-order valence-electron chi connectivity index (χ2n) is 4.87. The van der Waals surface area contributed by atoms with Crippen molar-refractivity contribution in [2.45, 2.75) is 32.4 Å². The lowest BCUT2D eigenvalue weighted by Crippen LogP contribution is -2.37. The third-order valence-corrected chi connectivity index (χ3v) is 3.56. The maximum Gasteiger partial charge on any atom is 0.341 e. The molecule has 19 heavy (non-hydrogen) atoms. The van der Waals surface area contributed by atoms with Gasteiger partial charge in [0.15, 0.2) is 0 Å². The number of furan rings is 1. The van der Waals surface area contributed by atoms with Gasteiger partial charge in [-0.2, -0.15) is 0 Å². The smallest absolute Gasteiger partial charge is 0.341 e. The van der Waals surface area contributed by atoms with Crippen molar-refractivity contribution in [2.24, 2.45) is 0 Å². The normalized spacial score (nSPS) is 19.0. The molecular weight excluding hydrogens is 244 g/mol. The van der Waals surface area contributed by atoms with Crippen molar-refractivity contribution in [1.82, 2.24) is 10.2 Å². The Morgan fingerprint density at radius 3 is 3.11 bits per heavy atom. The van der Waals surface area contributed by atoms with Crippen molar-refractivity contribution in [2.75, 3.05) is 26.7 Å². The summed E-state index contributed by atoms with van der Waals surface area (Å²) in [5, 5.41) is 3.38. The number of hydrogen-bond donors (Lipinski definition) is 1. The molecule has 0 aliphatic carbocycles. The van der Waals surface area contributed by atoms with Gasteiger partial charge in [0.2, 0.25) is 0 Å². The number of nitrogens with zero attached hydrogens (tertiary/aromatic N) is 1. The van der Waals surface area contributed by atoms with E-state index in [9.17, 15) is 4.79 Å². The van der Waals surface area contributed by atoms with Crippen molar-refractivity contribution >= 4 is 5.97 Å². The number of carbonyl (C=O) groups excluding carboxylic acids is 1. The lowest BCUT2D eigenvalue weighted by Gasteiger charge is -2.27. The third kappa shape index (κ3) is 3.36. The molecule has 2 rings (SSSR count). The molecule has 1 aliphatic rings. The SMILES string of the molecule is CCCN(Cc1occc1C(=O)OC)C1CCNC1. The van der Waals surface area contributed by atoms with Gasteiger partial charge in [-0.15, -0.1) is 0 Å². The molecule has 5 nitrogen and oxygen atoms in total. The van der Waals surface area contributed by atoms with E-state index in [1.807, 2.05) is 0 Å². The van der Waals surface area contributed by atoms with E-state index in [0.717, 1.165) is 32.5 Å². The topological polar surface area (TPSA) is 54.7 Å². The number of nitrogens with one attached hydrogen (secondary N) is 1. The summed E-state index contributed by atoms with van der Waals surface area (Å²) in [7, 11) is 1.39. The molecule has 1 N–H and O–H groups in total. The second kappa shape index (κ2) is 6.73. The highest BCUT2D eigenvalue weighted by Crippen LogP contribution is 2.18. The Morgan fingerprint density at radius 1 is 1.63 bits per heavy atom. The summed E-state index contributed by atoms with van der Waals surface area (Å²) < 4.78 is 10.2. The van der Waals surface area contributed by atoms with E-state index in [1.54, 1.807) is 12.3 Å². The first-order valence-corrected chi connectivity index (χ1v) is 6.85. The molecule has 106 valence electrons. The Balaban J connectivity index is 2.08. The zero-order chi connectivity index (χ0) is 13.7. The highest BCUT2D eigenvalue weighted by Gasteiger charge is 2.25. The van der Waals surface area contributed by atoms with Crippen LogP contribution in [0.5, 0.6) is 0 Å². The molecule has 0 radical (unpaired) electrons. The van der Waals surface area contributed by atoms with Gasteiger partial charge in [0, 0.05) is 12.6 Å². The van der Waals surface area contributed by atoms with Crippen molar-refractivity contribution < 1.29 is 13.9 Å². The number of esters is 1. The van der Waals surface area contributed by atoms with E-state index in [4.69, 9.17) is 9.15 Å². The largest absolute Gasteiger partial charge is 0.467 e. The van der Waals surface area contributed by atoms with Crippen LogP contribution in [0.1, 0.15) is 35.9 Å². The van der Waals surface area contributed by atoms with Crippen LogP contribution in [0.25, 0.3) is 0 Å². The van der Waals surface area contributed by atoms with Gasteiger partial charge in [-0.05, 0) is 32.0 Å². The number of hydrogen-bond acceptors (Lipinski definition) is 5. The van der Waals surface area contributed by atoms with Crippen LogP contribution in [-0.4, -0.2) is 43.7 Å². The Kier molecular flexibility index (Phi) is 4.99. The molecule has 1 aromatic rings. The average Bonchev–Trinajstić information content (AvgIpc) is 3.08. The molecule has 1 atom stereocenters. The van der Waals surface area contributed by atoms with Crippen LogP contribution in [0.3, 0.4) is 0 Å². The summed E-state index contributed by atoms with van der Waals surface area (Å²) in [6.07, 6.45) is 3.79. The molecule has 0 spiro atoms. The van der Waals surface area contributed by atoms with Crippen LogP contribution in [0.15, 0.2) is 16.7 Å². The fraction of sp³-hybridized carbons (Fsp3) is 0.643. The predicted octanol–water partition coefficient (Wildman–Crippen LogP) is 1.64. The van der Waals surface area contributed by atoms with Crippen molar-refractivity contribution in [3.8, 4) is 0 Å². The summed E-state index contributed by atoms with van der Waals surface area (Å²) in [5.41, 5.74) is 0.537. The van der Waals surface area contributed by atoms with Crippen molar-refractivity contribution in [3.63, 3.8) is 0 Å². The van der Waals surface area contributed by atoms with Gasteiger partial charge < -0.3 is 14.5 Å². The zero-order valence-corrected chi connectivity index (χ0v) is 11.6. The van der Waals surface area contributed by atoms with Crippen LogP contribution in [0, 0.1) is 0 Å². The third-order valence-electron chi connectivity index (χ3n) is 3.56. The van der Waals surface area contributed by atoms with Crippen molar-refractivity contribution in [1.29, 1.82) is 0 Å². The van der Waals surface area contributed by atoms with Gasteiger partial charge in [0.05, 0.1) is 19.9 Å². The molecular formula is C14H22N2O3. The number of methoxy groups -OCH3 is 1. The quantitative estimate of drug-likeness (QED) is 0.793. The molecule has 1 saturated heterocycles. The van der Waals surface area contributed by atoms with Gasteiger partial charge in [-0.25, -0.2) is 4.79 Å². The van der Waals surface area contributed by atoms with E-state index in [-0.39, 0.29) is 5.97 Å². The molecule has 0 saturated carbocycles. The first-order valence-electron chi connectivity index (χ1n) is 6.85. The summed E-state index contributed by atoms with van der Waals surface area (Å²) >= 11 is 0. The maximum absolute atomic E-state index is 11.6. The molecule has 1 aliphatic heterocycles. The first kappa shape index (κ1) is 14.1. The Hall–Kier alpha value is -1.33. The molecule has 0 bridgehead atoms. The summed E-state index contributed by atoms with van der Waals surface area (Å²) in [6.45, 7) is 5.91. The van der Waals surface area contributed by atoms with Crippen LogP contribution < -0.4 is 5.32 Å². The van der Waals surface area contributed by atoms with Crippen molar-refractivity contribution in [3.05, 3.63) is 23.7 Å². The second-order valence-corrected chi connectivity index (χ2v) is 4.87. The van der Waals surface area contributed by atoms with Crippen LogP contribution in [0.2, 0.25) is 0 Å². The average molecular weight is 266 g/mol. The van der Waals surface area contributed by atoms with E-state index in [2.05, 4.69) is 17.1 Å². The van der Waals surface area contributed by atoms with Crippen LogP contribution in [-0.2, 0) is 11.3 Å². The van der Waals surface area contributed by atoms with Gasteiger partial charge >= 0.3 is 5.97 Å². The summed E-state index contributed by atoms with van der Waals surface area (Å²) in [6, 6.07) is 2.20. The number of rotatable bonds is 6. The van der Waals surface area contributed by atoms with E-state index in [0.29, 0.717) is 23.9 Å². The lowest BCUT2D eigenvalue weighted by molar-refractivity contribution is 0.0595. The minimum atomic E-state index is -0.329. The molecule has 1 aromatic heterocycles. The molecule has 1 unspecified atom stereocenters. The highest BCUT2D eigenvalue weighted by molar-refractivity contribution is 5.90. The number of ether oxygens (including phenoxy) is 1. The lowest BCUT2D eigenvalue weighted by atomic mass is 10.1. The van der Waals surface area contributed by atoms with Gasteiger partial charge in [0.1, 0.15) is 11.3 Å². The fourth-order valence-corrected chi connectivity index (χ4v) is 2.57. The maximum atomic E-state index is 11.6. The van der Waals surface area contributed by atoms with E-state index < -0.39 is 0 Å². The van der Waals surface area contributed by atoms with Crippen LogP contribution in [0.4, 0.5) is 0 Å². The summed E-state index contributed by atoms with van der Waals surface area (Å²) in [4.78, 5) is 14.0.